The maximum Gasteiger partial charge on any atom is 0.187 e. The Morgan fingerprint density at radius 3 is 1.20 bits per heavy atom. The number of ether oxygens (including phenoxy) is 10. The minimum absolute atomic E-state index is 0.0352. The maximum atomic E-state index is 12.1. The second-order valence-electron chi connectivity index (χ2n) is 16.4. The van der Waals surface area contributed by atoms with Crippen LogP contribution in [0, 0.1) is 0 Å². The summed E-state index contributed by atoms with van der Waals surface area (Å²) in [6, 6.07) is 27.0. The summed E-state index contributed by atoms with van der Waals surface area (Å²) in [6.45, 7) is 1.31. The van der Waals surface area contributed by atoms with Gasteiger partial charge in [-0.1, -0.05) is 91.0 Å². The van der Waals surface area contributed by atoms with Gasteiger partial charge in [0.1, 0.15) is 85.5 Å². The van der Waals surface area contributed by atoms with Crippen LogP contribution in [-0.2, 0) is 67.2 Å². The molecule has 19 nitrogen and oxygen atoms in total. The monoisotopic (exact) mass is 904 g/mol. The third-order valence-electron chi connectivity index (χ3n) is 11.9. The Balaban J connectivity index is 1.19. The topological polar surface area (TPSA) is 274 Å². The first-order valence-electron chi connectivity index (χ1n) is 21.4. The lowest BCUT2D eigenvalue weighted by molar-refractivity contribution is -0.402. The molecule has 4 aliphatic heterocycles. The van der Waals surface area contributed by atoms with Crippen molar-refractivity contribution in [3.63, 3.8) is 0 Å². The van der Waals surface area contributed by atoms with E-state index in [4.69, 9.17) is 47.4 Å². The van der Waals surface area contributed by atoms with E-state index in [1.54, 1.807) is 72.8 Å². The van der Waals surface area contributed by atoms with Crippen LogP contribution in [0.2, 0.25) is 0 Å². The average Bonchev–Trinajstić information content (AvgIpc) is 3.31. The van der Waals surface area contributed by atoms with Gasteiger partial charge in [-0.25, -0.2) is 0 Å². The zero-order valence-electron chi connectivity index (χ0n) is 35.4. The van der Waals surface area contributed by atoms with Crippen LogP contribution >= 0.6 is 0 Å². The Kier molecular flexibility index (Phi) is 17.2. The van der Waals surface area contributed by atoms with E-state index in [9.17, 15) is 46.0 Å². The summed E-state index contributed by atoms with van der Waals surface area (Å²) in [4.78, 5) is 0. The van der Waals surface area contributed by atoms with Gasteiger partial charge in [0.25, 0.3) is 0 Å². The minimum atomic E-state index is -1.87. The fourth-order valence-electron chi connectivity index (χ4n) is 8.14. The van der Waals surface area contributed by atoms with Crippen molar-refractivity contribution in [2.75, 3.05) is 13.2 Å². The number of hydrogen-bond donors (Lipinski definition) is 9. The Labute approximate surface area is 370 Å². The molecule has 0 spiro atoms. The normalized spacial score (nSPS) is 40.5. The number of aliphatic hydroxyl groups excluding tert-OH is 9. The third-order valence-corrected chi connectivity index (χ3v) is 11.9. The van der Waals surface area contributed by atoms with Gasteiger partial charge in [0.05, 0.1) is 45.2 Å². The van der Waals surface area contributed by atoms with Gasteiger partial charge in [-0.15, -0.1) is 0 Å². The van der Waals surface area contributed by atoms with Crippen molar-refractivity contribution in [1.82, 2.24) is 0 Å². The van der Waals surface area contributed by atoms with E-state index in [0.717, 1.165) is 16.7 Å². The highest BCUT2D eigenvalue weighted by Gasteiger charge is 2.56. The summed E-state index contributed by atoms with van der Waals surface area (Å²) in [5.74, 6) is 0. The molecule has 4 fully saturated rings. The van der Waals surface area contributed by atoms with Crippen LogP contribution in [0.1, 0.15) is 30.5 Å². The minimum Gasteiger partial charge on any atom is -0.394 e. The molecular formula is C45H60O19. The van der Waals surface area contributed by atoms with Gasteiger partial charge in [-0.3, -0.25) is 0 Å². The molecule has 3 aromatic rings. The Hall–Kier alpha value is -3.10. The van der Waals surface area contributed by atoms with Crippen LogP contribution in [0.4, 0.5) is 0 Å². The lowest BCUT2D eigenvalue weighted by Crippen LogP contribution is -2.68. The van der Waals surface area contributed by atoms with Gasteiger partial charge in [-0.2, -0.15) is 0 Å². The second-order valence-corrected chi connectivity index (χ2v) is 16.4. The predicted octanol–water partition coefficient (Wildman–Crippen LogP) is -1.02. The van der Waals surface area contributed by atoms with E-state index < -0.39 is 136 Å². The standard InChI is InChI=1S/C45H60O19/c1-23-30(48)33(51)39(55-20-25-12-6-3-7-13-25)43(58-23)63-38-36(54)42(57-22-27-16-10-5-11-17-27)61-29(19-47)37(38)62-45-41(35(53)32(50)28(18-46)60-45)64-44-40(34(52)31(49)24(2)59-44)56-21-26-14-8-4-9-15-26/h3-17,23-24,28-54H,18-22H2,1-2H3/t23?,24-,28-,29?,30?,31?,32?,33?,34?,35?,36?,37?,38?,39?,40?,41?,42?,43?,44-,45-/m0/s1. The number of rotatable bonds is 17. The maximum absolute atomic E-state index is 12.1. The zero-order valence-corrected chi connectivity index (χ0v) is 35.4. The molecule has 0 saturated carbocycles. The van der Waals surface area contributed by atoms with Crippen molar-refractivity contribution in [1.29, 1.82) is 0 Å². The molecule has 0 amide bonds. The fraction of sp³-hybridized carbons (Fsp3) is 0.600. The molecule has 20 atom stereocenters. The SMILES string of the molecule is CC1OC(OC2C(O)C(OCc3ccccc3)OC(CO)C2O[C@@H]2O[C@@H](CO)C(O)C(O)C2O[C@@H]2O[C@@H](C)C(O)C(O)C2OCc2ccccc2)C(OCc2ccccc2)C(O)C1O. The first kappa shape index (κ1) is 48.8. The first-order valence-corrected chi connectivity index (χ1v) is 21.4. The number of aliphatic hydroxyl groups is 9. The molecule has 9 N–H and O–H groups in total. The number of hydrogen-bond acceptors (Lipinski definition) is 19. The van der Waals surface area contributed by atoms with E-state index in [1.807, 2.05) is 18.2 Å². The van der Waals surface area contributed by atoms with Gasteiger partial charge >= 0.3 is 0 Å². The van der Waals surface area contributed by atoms with E-state index >= 15 is 0 Å². The quantitative estimate of drug-likeness (QED) is 0.0784. The molecule has 19 heteroatoms. The molecule has 7 rings (SSSR count). The average molecular weight is 905 g/mol. The Bertz CT molecular complexity index is 1820. The fourth-order valence-corrected chi connectivity index (χ4v) is 8.14. The molecule has 0 bridgehead atoms. The summed E-state index contributed by atoms with van der Waals surface area (Å²) in [5.41, 5.74) is 2.18. The van der Waals surface area contributed by atoms with E-state index in [0.29, 0.717) is 0 Å². The van der Waals surface area contributed by atoms with Crippen molar-refractivity contribution in [2.45, 2.75) is 156 Å². The number of benzene rings is 3. The first-order chi connectivity index (χ1) is 30.9. The molecular weight excluding hydrogens is 844 g/mol. The molecule has 16 unspecified atom stereocenters. The van der Waals surface area contributed by atoms with Crippen molar-refractivity contribution >= 4 is 0 Å². The van der Waals surface area contributed by atoms with Crippen molar-refractivity contribution in [3.8, 4) is 0 Å². The van der Waals surface area contributed by atoms with E-state index in [-0.39, 0.29) is 19.8 Å². The molecule has 4 saturated heterocycles. The molecule has 4 aliphatic rings. The summed E-state index contributed by atoms with van der Waals surface area (Å²) in [7, 11) is 0. The highest BCUT2D eigenvalue weighted by atomic mass is 16.8. The molecule has 3 aromatic carbocycles. The summed E-state index contributed by atoms with van der Waals surface area (Å²) < 4.78 is 61.6. The van der Waals surface area contributed by atoms with E-state index in [2.05, 4.69) is 0 Å². The molecule has 354 valence electrons. The van der Waals surface area contributed by atoms with Crippen LogP contribution in [0.3, 0.4) is 0 Å². The lowest BCUT2D eigenvalue weighted by atomic mass is 9.95. The molecule has 0 aromatic heterocycles. The van der Waals surface area contributed by atoms with Crippen LogP contribution in [0.15, 0.2) is 91.0 Å². The highest BCUT2D eigenvalue weighted by Crippen LogP contribution is 2.37. The highest BCUT2D eigenvalue weighted by molar-refractivity contribution is 5.15. The van der Waals surface area contributed by atoms with Crippen molar-refractivity contribution < 1.29 is 93.3 Å². The smallest absolute Gasteiger partial charge is 0.187 e. The largest absolute Gasteiger partial charge is 0.394 e. The third kappa shape index (κ3) is 11.3. The van der Waals surface area contributed by atoms with Crippen molar-refractivity contribution in [2.24, 2.45) is 0 Å². The predicted molar refractivity (Wildman–Crippen MR) is 218 cm³/mol. The molecule has 4 heterocycles. The summed E-state index contributed by atoms with van der Waals surface area (Å²) >= 11 is 0. The molecule has 0 radical (unpaired) electrons. The van der Waals surface area contributed by atoms with Crippen LogP contribution in [-0.4, -0.2) is 182 Å². The van der Waals surface area contributed by atoms with Crippen LogP contribution in [0.5, 0.6) is 0 Å². The summed E-state index contributed by atoms with van der Waals surface area (Å²) in [5, 5.41) is 100. The van der Waals surface area contributed by atoms with Gasteiger partial charge < -0.3 is 93.3 Å². The van der Waals surface area contributed by atoms with Gasteiger partial charge in [-0.05, 0) is 30.5 Å². The Morgan fingerprint density at radius 2 is 0.750 bits per heavy atom. The molecule has 0 aliphatic carbocycles. The van der Waals surface area contributed by atoms with Crippen LogP contribution in [0.25, 0.3) is 0 Å². The lowest BCUT2D eigenvalue weighted by Gasteiger charge is -2.50. The van der Waals surface area contributed by atoms with Crippen molar-refractivity contribution in [3.05, 3.63) is 108 Å². The summed E-state index contributed by atoms with van der Waals surface area (Å²) in [6.07, 6.45) is -30.0. The Morgan fingerprint density at radius 1 is 0.375 bits per heavy atom. The molecule has 64 heavy (non-hydrogen) atoms. The van der Waals surface area contributed by atoms with Crippen LogP contribution < -0.4 is 0 Å². The van der Waals surface area contributed by atoms with Gasteiger partial charge in [0.2, 0.25) is 0 Å². The van der Waals surface area contributed by atoms with E-state index in [1.165, 1.54) is 13.8 Å². The van der Waals surface area contributed by atoms with Gasteiger partial charge in [0.15, 0.2) is 25.2 Å². The zero-order chi connectivity index (χ0) is 45.5. The van der Waals surface area contributed by atoms with Gasteiger partial charge in [0, 0.05) is 0 Å². The second kappa shape index (κ2) is 22.6.